The Kier molecular flexibility index (Phi) is 11.8. The molecule has 0 aliphatic carbocycles. The van der Waals surface area contributed by atoms with Gasteiger partial charge in [0.05, 0.1) is 19.4 Å². The van der Waals surface area contributed by atoms with Crippen LogP contribution in [-0.4, -0.2) is 31.5 Å². The first kappa shape index (κ1) is 20.9. The van der Waals surface area contributed by atoms with Gasteiger partial charge in [-0.25, -0.2) is 0 Å². The number of hydrogen-bond donors (Lipinski definition) is 1. The number of esters is 1. The fraction of sp³-hybridized carbons (Fsp3) is 0.857. The molecule has 22 heavy (non-hydrogen) atoms. The minimum absolute atomic E-state index is 0.272. The molecule has 0 aromatic carbocycles. The lowest BCUT2D eigenvalue weighted by molar-refractivity contribution is -0.147. The minimum Gasteiger partial charge on any atom is -0.466 e. The second kappa shape index (κ2) is 12.4. The maximum atomic E-state index is 11.3. The van der Waals surface area contributed by atoms with Crippen molar-refractivity contribution in [3.8, 4) is 0 Å². The van der Waals surface area contributed by atoms with E-state index in [4.69, 9.17) is 9.29 Å². The average molecular weight is 338 g/mol. The molecule has 0 aliphatic rings. The standard InChI is InChI=1S/C14H26O7S/c1-2-3-4-5-6-7-8-9-12-20-13(15)10-11-14(16)21-22(17,18)19/h2-12H2,1H3,(H,17,18,19). The van der Waals surface area contributed by atoms with Crippen LogP contribution in [0.3, 0.4) is 0 Å². The van der Waals surface area contributed by atoms with Gasteiger partial charge < -0.3 is 8.92 Å². The molecule has 130 valence electrons. The summed E-state index contributed by atoms with van der Waals surface area (Å²) in [5.41, 5.74) is 0. The summed E-state index contributed by atoms with van der Waals surface area (Å²) >= 11 is 0. The van der Waals surface area contributed by atoms with Crippen molar-refractivity contribution in [2.45, 2.75) is 71.1 Å². The highest BCUT2D eigenvalue weighted by Gasteiger charge is 2.15. The van der Waals surface area contributed by atoms with Crippen LogP contribution in [0.15, 0.2) is 0 Å². The SMILES string of the molecule is CCCCCCCCCCOC(=O)CCC(=O)OS(=O)(=O)O. The minimum atomic E-state index is -4.81. The molecule has 0 fully saturated rings. The fourth-order valence-corrected chi connectivity index (χ4v) is 2.18. The predicted molar refractivity (Wildman–Crippen MR) is 80.4 cm³/mol. The molecule has 0 aromatic heterocycles. The van der Waals surface area contributed by atoms with Gasteiger partial charge in [-0.1, -0.05) is 51.9 Å². The number of carbonyl (C=O) groups is 2. The van der Waals surface area contributed by atoms with Crippen LogP contribution in [-0.2, 0) is 28.9 Å². The molecule has 0 saturated heterocycles. The van der Waals surface area contributed by atoms with Crippen molar-refractivity contribution >= 4 is 22.3 Å². The van der Waals surface area contributed by atoms with E-state index in [0.29, 0.717) is 6.61 Å². The maximum Gasteiger partial charge on any atom is 0.448 e. The van der Waals surface area contributed by atoms with Crippen LogP contribution in [0.2, 0.25) is 0 Å². The summed E-state index contributed by atoms with van der Waals surface area (Å²) in [4.78, 5) is 22.2. The van der Waals surface area contributed by atoms with Gasteiger partial charge in [-0.2, -0.15) is 8.42 Å². The molecular weight excluding hydrogens is 312 g/mol. The molecule has 8 heteroatoms. The number of hydrogen-bond acceptors (Lipinski definition) is 6. The summed E-state index contributed by atoms with van der Waals surface area (Å²) in [6.45, 7) is 2.47. The summed E-state index contributed by atoms with van der Waals surface area (Å²) < 4.78 is 37.3. The second-order valence-electron chi connectivity index (χ2n) is 5.08. The molecule has 0 amide bonds. The Morgan fingerprint density at radius 3 is 1.91 bits per heavy atom. The highest BCUT2D eigenvalue weighted by atomic mass is 32.3. The number of carbonyl (C=O) groups excluding carboxylic acids is 2. The van der Waals surface area contributed by atoms with E-state index in [-0.39, 0.29) is 6.42 Å². The molecule has 0 saturated carbocycles. The zero-order chi connectivity index (χ0) is 16.8. The van der Waals surface area contributed by atoms with Crippen LogP contribution in [0.1, 0.15) is 71.1 Å². The molecule has 7 nitrogen and oxygen atoms in total. The summed E-state index contributed by atoms with van der Waals surface area (Å²) in [6.07, 6.45) is 8.36. The Morgan fingerprint density at radius 1 is 0.864 bits per heavy atom. The Balaban J connectivity index is 3.45. The van der Waals surface area contributed by atoms with E-state index >= 15 is 0 Å². The monoisotopic (exact) mass is 338 g/mol. The first-order chi connectivity index (χ1) is 10.3. The van der Waals surface area contributed by atoms with Gasteiger partial charge in [-0.05, 0) is 6.42 Å². The van der Waals surface area contributed by atoms with Crippen molar-refractivity contribution in [1.29, 1.82) is 0 Å². The van der Waals surface area contributed by atoms with E-state index in [1.165, 1.54) is 32.1 Å². The third kappa shape index (κ3) is 15.2. The van der Waals surface area contributed by atoms with E-state index in [1.54, 1.807) is 0 Å². The summed E-state index contributed by atoms with van der Waals surface area (Å²) in [5.74, 6) is -1.78. The van der Waals surface area contributed by atoms with Crippen molar-refractivity contribution in [3.05, 3.63) is 0 Å². The molecular formula is C14H26O7S. The highest BCUT2D eigenvalue weighted by molar-refractivity contribution is 7.81. The molecule has 0 heterocycles. The molecule has 0 rings (SSSR count). The number of rotatable bonds is 13. The Labute approximate surface area is 132 Å². The van der Waals surface area contributed by atoms with Crippen LogP contribution < -0.4 is 0 Å². The zero-order valence-electron chi connectivity index (χ0n) is 13.1. The fourth-order valence-electron chi connectivity index (χ4n) is 1.86. The lowest BCUT2D eigenvalue weighted by Gasteiger charge is -2.05. The van der Waals surface area contributed by atoms with Gasteiger partial charge in [0.15, 0.2) is 0 Å². The lowest BCUT2D eigenvalue weighted by atomic mass is 10.1. The van der Waals surface area contributed by atoms with Gasteiger partial charge in [-0.15, -0.1) is 0 Å². The van der Waals surface area contributed by atoms with E-state index < -0.39 is 28.8 Å². The summed E-state index contributed by atoms with van der Waals surface area (Å²) in [7, 11) is -4.81. The molecule has 0 atom stereocenters. The molecule has 0 bridgehead atoms. The number of ether oxygens (including phenoxy) is 1. The van der Waals surface area contributed by atoms with Gasteiger partial charge in [0.25, 0.3) is 0 Å². The summed E-state index contributed by atoms with van der Waals surface area (Å²) in [6, 6.07) is 0. The van der Waals surface area contributed by atoms with Gasteiger partial charge in [0.1, 0.15) is 0 Å². The third-order valence-corrected chi connectivity index (χ3v) is 3.39. The predicted octanol–water partition coefficient (Wildman–Crippen LogP) is 2.80. The van der Waals surface area contributed by atoms with Gasteiger partial charge in [0.2, 0.25) is 0 Å². The molecule has 0 unspecified atom stereocenters. The maximum absolute atomic E-state index is 11.3. The molecule has 1 N–H and O–H groups in total. The van der Waals surface area contributed by atoms with E-state index in [2.05, 4.69) is 11.1 Å². The normalized spacial score (nSPS) is 11.2. The average Bonchev–Trinajstić information content (AvgIpc) is 2.41. The quantitative estimate of drug-likeness (QED) is 0.312. The first-order valence-electron chi connectivity index (χ1n) is 7.70. The van der Waals surface area contributed by atoms with Gasteiger partial charge >= 0.3 is 22.3 Å². The van der Waals surface area contributed by atoms with Crippen LogP contribution in [0.25, 0.3) is 0 Å². The second-order valence-corrected chi connectivity index (χ2v) is 6.10. The van der Waals surface area contributed by atoms with Crippen molar-refractivity contribution in [1.82, 2.24) is 0 Å². The highest BCUT2D eigenvalue weighted by Crippen LogP contribution is 2.08. The van der Waals surface area contributed by atoms with Crippen molar-refractivity contribution in [3.63, 3.8) is 0 Å². The third-order valence-electron chi connectivity index (χ3n) is 2.99. The topological polar surface area (TPSA) is 107 Å². The zero-order valence-corrected chi connectivity index (χ0v) is 13.9. The van der Waals surface area contributed by atoms with Crippen LogP contribution in [0, 0.1) is 0 Å². The van der Waals surface area contributed by atoms with Crippen molar-refractivity contribution < 1.29 is 31.5 Å². The number of unbranched alkanes of at least 4 members (excludes halogenated alkanes) is 7. The largest absolute Gasteiger partial charge is 0.466 e. The van der Waals surface area contributed by atoms with Crippen LogP contribution >= 0.6 is 0 Å². The van der Waals surface area contributed by atoms with Crippen LogP contribution in [0.4, 0.5) is 0 Å². The first-order valence-corrected chi connectivity index (χ1v) is 9.07. The van der Waals surface area contributed by atoms with E-state index in [1.807, 2.05) is 0 Å². The smallest absolute Gasteiger partial charge is 0.448 e. The molecule has 0 radical (unpaired) electrons. The lowest BCUT2D eigenvalue weighted by Crippen LogP contribution is -2.14. The van der Waals surface area contributed by atoms with E-state index in [9.17, 15) is 18.0 Å². The Bertz CT molecular complexity index is 417. The van der Waals surface area contributed by atoms with Crippen molar-refractivity contribution in [2.24, 2.45) is 0 Å². The summed E-state index contributed by atoms with van der Waals surface area (Å²) in [5, 5.41) is 0. The Morgan fingerprint density at radius 2 is 1.36 bits per heavy atom. The van der Waals surface area contributed by atoms with Gasteiger partial charge in [-0.3, -0.25) is 14.1 Å². The van der Waals surface area contributed by atoms with Gasteiger partial charge in [0, 0.05) is 0 Å². The Hall–Kier alpha value is -1.15. The van der Waals surface area contributed by atoms with Crippen LogP contribution in [0.5, 0.6) is 0 Å². The van der Waals surface area contributed by atoms with E-state index in [0.717, 1.165) is 19.3 Å². The molecule has 0 spiro atoms. The molecule has 0 aromatic rings. The molecule has 0 aliphatic heterocycles. The van der Waals surface area contributed by atoms with Crippen molar-refractivity contribution in [2.75, 3.05) is 6.61 Å².